The Morgan fingerprint density at radius 3 is 2.43 bits per heavy atom. The number of esters is 1. The van der Waals surface area contributed by atoms with Gasteiger partial charge in [-0.1, -0.05) is 60.7 Å². The van der Waals surface area contributed by atoms with Gasteiger partial charge in [0.15, 0.2) is 0 Å². The highest BCUT2D eigenvalue weighted by molar-refractivity contribution is 7.57. The molecule has 0 saturated carbocycles. The number of H-pyrrole nitrogens is 1. The van der Waals surface area contributed by atoms with E-state index < -0.39 is 30.8 Å². The second-order valence-electron chi connectivity index (χ2n) is 7.90. The summed E-state index contributed by atoms with van der Waals surface area (Å²) in [7, 11) is -3.58. The number of rotatable bonds is 11. The lowest BCUT2D eigenvalue weighted by molar-refractivity contribution is -0.146. The van der Waals surface area contributed by atoms with Gasteiger partial charge in [0, 0.05) is 18.3 Å². The Labute approximate surface area is 202 Å². The van der Waals surface area contributed by atoms with E-state index in [9.17, 15) is 18.9 Å². The fraction of sp³-hybridized carbons (Fsp3) is 0.240. The molecule has 0 amide bonds. The summed E-state index contributed by atoms with van der Waals surface area (Å²) >= 11 is 0. The molecule has 184 valence electrons. The van der Waals surface area contributed by atoms with E-state index in [-0.39, 0.29) is 19.3 Å². The molecule has 0 aliphatic carbocycles. The highest BCUT2D eigenvalue weighted by Gasteiger charge is 2.29. The quantitative estimate of drug-likeness (QED) is 0.237. The third-order valence-corrected chi connectivity index (χ3v) is 6.95. The number of aryl methyl sites for hydroxylation is 1. The minimum absolute atomic E-state index is 0.0463. The van der Waals surface area contributed by atoms with Crippen LogP contribution in [0.1, 0.15) is 18.1 Å². The van der Waals surface area contributed by atoms with Crippen molar-refractivity contribution in [2.45, 2.75) is 33.0 Å². The Kier molecular flexibility index (Phi) is 9.00. The Morgan fingerprint density at radius 2 is 1.74 bits per heavy atom. The van der Waals surface area contributed by atoms with E-state index in [1.165, 1.54) is 10.8 Å². The molecule has 3 rings (SSSR count). The van der Waals surface area contributed by atoms with Crippen molar-refractivity contribution < 1.29 is 18.6 Å². The van der Waals surface area contributed by atoms with Crippen LogP contribution in [-0.4, -0.2) is 27.7 Å². The van der Waals surface area contributed by atoms with E-state index in [1.807, 2.05) is 30.3 Å². The second-order valence-corrected chi connectivity index (χ2v) is 10.1. The highest BCUT2D eigenvalue weighted by atomic mass is 31.2. The summed E-state index contributed by atoms with van der Waals surface area (Å²) in [4.78, 5) is 38.2. The van der Waals surface area contributed by atoms with Gasteiger partial charge >= 0.3 is 19.2 Å². The van der Waals surface area contributed by atoms with Crippen molar-refractivity contribution in [3.05, 3.63) is 111 Å². The fourth-order valence-electron chi connectivity index (χ4n) is 3.12. The number of nitrogens with one attached hydrogen (secondary N) is 2. The van der Waals surface area contributed by atoms with Gasteiger partial charge in [-0.2, -0.15) is 0 Å². The van der Waals surface area contributed by atoms with Crippen molar-refractivity contribution >= 4 is 13.5 Å². The third kappa shape index (κ3) is 7.95. The normalized spacial score (nSPS) is 13.8. The van der Waals surface area contributed by atoms with Crippen LogP contribution in [0.3, 0.4) is 0 Å². The largest absolute Gasteiger partial charge is 0.460 e. The van der Waals surface area contributed by atoms with Crippen LogP contribution in [0.15, 0.2) is 88.6 Å². The minimum Gasteiger partial charge on any atom is -0.460 e. The zero-order valence-corrected chi connectivity index (χ0v) is 20.4. The first-order valence-corrected chi connectivity index (χ1v) is 12.8. The van der Waals surface area contributed by atoms with Gasteiger partial charge in [0.2, 0.25) is 0 Å². The molecule has 0 aliphatic rings. The fourth-order valence-corrected chi connectivity index (χ4v) is 4.94. The van der Waals surface area contributed by atoms with Crippen LogP contribution in [0.5, 0.6) is 5.75 Å². The first-order valence-electron chi connectivity index (χ1n) is 11.0. The summed E-state index contributed by atoms with van der Waals surface area (Å²) in [5.74, 6) is -0.181. The molecule has 3 aromatic rings. The molecule has 0 radical (unpaired) electrons. The van der Waals surface area contributed by atoms with Crippen LogP contribution >= 0.6 is 7.52 Å². The molecule has 0 unspecified atom stereocenters. The molecule has 9 nitrogen and oxygen atoms in total. The number of allylic oxidation sites excluding steroid dienone is 2. The van der Waals surface area contributed by atoms with Gasteiger partial charge in [0.25, 0.3) is 5.56 Å². The Bertz CT molecular complexity index is 1320. The molecule has 10 heteroatoms. The summed E-state index contributed by atoms with van der Waals surface area (Å²) in [6, 6.07) is 17.0. The van der Waals surface area contributed by atoms with Crippen LogP contribution in [0.25, 0.3) is 0 Å². The predicted octanol–water partition coefficient (Wildman–Crippen LogP) is 3.39. The highest BCUT2D eigenvalue weighted by Crippen LogP contribution is 2.43. The first-order chi connectivity index (χ1) is 16.8. The van der Waals surface area contributed by atoms with Gasteiger partial charge in [-0.05, 0) is 31.5 Å². The van der Waals surface area contributed by atoms with Crippen LogP contribution in [0, 0.1) is 6.92 Å². The maximum atomic E-state index is 13.6. The molecule has 0 saturated heterocycles. The third-order valence-electron chi connectivity index (χ3n) is 4.97. The van der Waals surface area contributed by atoms with E-state index in [1.54, 1.807) is 56.3 Å². The number of benzene rings is 2. The van der Waals surface area contributed by atoms with Gasteiger partial charge in [0.05, 0.1) is 6.16 Å². The zero-order chi connectivity index (χ0) is 25.3. The average molecular weight is 497 g/mol. The number of carbonyl (C=O) groups excluding carboxylic acids is 1. The number of para-hydroxylation sites is 1. The van der Waals surface area contributed by atoms with Crippen LogP contribution < -0.4 is 20.9 Å². The van der Waals surface area contributed by atoms with Crippen LogP contribution in [-0.2, 0) is 27.2 Å². The van der Waals surface area contributed by atoms with E-state index in [0.717, 1.165) is 5.56 Å². The molecule has 2 N–H and O–H groups in total. The first kappa shape index (κ1) is 25.9. The lowest BCUT2D eigenvalue weighted by Gasteiger charge is -2.22. The van der Waals surface area contributed by atoms with Gasteiger partial charge < -0.3 is 9.26 Å². The number of hydrogen-bond donors (Lipinski definition) is 2. The van der Waals surface area contributed by atoms with Crippen molar-refractivity contribution in [1.82, 2.24) is 14.6 Å². The van der Waals surface area contributed by atoms with Crippen LogP contribution in [0.2, 0.25) is 0 Å². The molecule has 0 aliphatic heterocycles. The Hall–Kier alpha value is -3.68. The molecule has 35 heavy (non-hydrogen) atoms. The molecular formula is C25H28N3O6P. The minimum atomic E-state index is -3.58. The lowest BCUT2D eigenvalue weighted by atomic mass is 10.2. The summed E-state index contributed by atoms with van der Waals surface area (Å²) in [5, 5.41) is 2.80. The molecule has 0 spiro atoms. The number of nitrogens with zero attached hydrogens (tertiary/aromatic N) is 1. The van der Waals surface area contributed by atoms with Crippen molar-refractivity contribution in [2.75, 3.05) is 6.16 Å². The standard InChI is InChI=1S/C25H28N3O6P/c1-19-17-28(25(31)26-23(19)29)15-9-10-16-35(32,34-22-13-7-4-8-14-22)27-20(2)24(30)33-18-21-11-5-3-6-12-21/h3-14,17,20H,15-16,18H2,1-2H3,(H,27,32)(H,26,29,31)/b10-9+/t20-,35+/m0/s1. The zero-order valence-electron chi connectivity index (χ0n) is 19.5. The Morgan fingerprint density at radius 1 is 1.09 bits per heavy atom. The van der Waals surface area contributed by atoms with Crippen LogP contribution in [0.4, 0.5) is 0 Å². The summed E-state index contributed by atoms with van der Waals surface area (Å²) in [6.45, 7) is 3.42. The number of aromatic nitrogens is 2. The monoisotopic (exact) mass is 497 g/mol. The topological polar surface area (TPSA) is 119 Å². The smallest absolute Gasteiger partial charge is 0.328 e. The lowest BCUT2D eigenvalue weighted by Crippen LogP contribution is -2.35. The maximum Gasteiger partial charge on any atom is 0.328 e. The Balaban J connectivity index is 1.68. The van der Waals surface area contributed by atoms with E-state index in [4.69, 9.17) is 9.26 Å². The average Bonchev–Trinajstić information content (AvgIpc) is 2.84. The maximum absolute atomic E-state index is 13.6. The molecule has 2 atom stereocenters. The SMILES string of the molecule is Cc1cn(C/C=C/C[P@](=O)(N[C@@H](C)C(=O)OCc2ccccc2)Oc2ccccc2)c(=O)[nH]c1=O. The molecular weight excluding hydrogens is 469 g/mol. The number of aromatic amines is 1. The van der Waals surface area contributed by atoms with Gasteiger partial charge in [-0.3, -0.25) is 23.7 Å². The van der Waals surface area contributed by atoms with E-state index in [2.05, 4.69) is 10.1 Å². The summed E-state index contributed by atoms with van der Waals surface area (Å²) in [6.07, 6.45) is 4.65. The molecule has 1 heterocycles. The number of ether oxygens (including phenoxy) is 1. The number of hydrogen-bond acceptors (Lipinski definition) is 6. The summed E-state index contributed by atoms with van der Waals surface area (Å²) < 4.78 is 26.1. The second kappa shape index (κ2) is 12.1. The number of carbonyl (C=O) groups is 1. The van der Waals surface area contributed by atoms with Gasteiger partial charge in [0.1, 0.15) is 18.4 Å². The van der Waals surface area contributed by atoms with E-state index >= 15 is 0 Å². The molecule has 0 bridgehead atoms. The van der Waals surface area contributed by atoms with Crippen molar-refractivity contribution in [2.24, 2.45) is 0 Å². The van der Waals surface area contributed by atoms with Crippen molar-refractivity contribution in [3.63, 3.8) is 0 Å². The predicted molar refractivity (Wildman–Crippen MR) is 134 cm³/mol. The molecule has 2 aromatic carbocycles. The molecule has 0 fully saturated rings. The van der Waals surface area contributed by atoms with Gasteiger partial charge in [-0.25, -0.2) is 9.88 Å². The molecule has 1 aromatic heterocycles. The van der Waals surface area contributed by atoms with Crippen molar-refractivity contribution in [3.8, 4) is 5.75 Å². The van der Waals surface area contributed by atoms with Crippen molar-refractivity contribution in [1.29, 1.82) is 0 Å². The van der Waals surface area contributed by atoms with Gasteiger partial charge in [-0.15, -0.1) is 0 Å². The summed E-state index contributed by atoms with van der Waals surface area (Å²) in [5.41, 5.74) is 0.267. The van der Waals surface area contributed by atoms with E-state index in [0.29, 0.717) is 11.3 Å².